The molecular formula is C24H25N5OS2. The molecule has 0 unspecified atom stereocenters. The van der Waals surface area contributed by atoms with E-state index in [0.717, 1.165) is 28.8 Å². The zero-order chi connectivity index (χ0) is 22.5. The van der Waals surface area contributed by atoms with E-state index < -0.39 is 0 Å². The SMILES string of the molecule is CCCCc1ccc(-c2csc(NC(=O)Cn3c(-c4ccc(C)cc4)n[nH]c3=S)n2)cc1. The number of aromatic nitrogens is 4. The van der Waals surface area contributed by atoms with Crippen LogP contribution < -0.4 is 5.32 Å². The maximum absolute atomic E-state index is 12.7. The number of H-pyrrole nitrogens is 1. The first-order valence-corrected chi connectivity index (χ1v) is 11.9. The summed E-state index contributed by atoms with van der Waals surface area (Å²) in [6, 6.07) is 16.4. The number of aryl methyl sites for hydroxylation is 2. The zero-order valence-electron chi connectivity index (χ0n) is 18.1. The zero-order valence-corrected chi connectivity index (χ0v) is 19.7. The summed E-state index contributed by atoms with van der Waals surface area (Å²) in [4.78, 5) is 17.3. The van der Waals surface area contributed by atoms with Gasteiger partial charge >= 0.3 is 0 Å². The summed E-state index contributed by atoms with van der Waals surface area (Å²) < 4.78 is 2.09. The van der Waals surface area contributed by atoms with Crippen LogP contribution in [-0.2, 0) is 17.8 Å². The lowest BCUT2D eigenvalue weighted by atomic mass is 10.1. The maximum atomic E-state index is 12.7. The van der Waals surface area contributed by atoms with Gasteiger partial charge in [-0.3, -0.25) is 14.5 Å². The molecule has 0 saturated heterocycles. The Morgan fingerprint density at radius 2 is 1.84 bits per heavy atom. The van der Waals surface area contributed by atoms with Crippen LogP contribution in [0.4, 0.5) is 5.13 Å². The first-order valence-electron chi connectivity index (χ1n) is 10.6. The minimum absolute atomic E-state index is 0.0551. The van der Waals surface area contributed by atoms with Crippen molar-refractivity contribution in [1.82, 2.24) is 19.7 Å². The van der Waals surface area contributed by atoms with E-state index in [0.29, 0.717) is 15.7 Å². The molecule has 4 rings (SSSR count). The third kappa shape index (κ3) is 5.20. The van der Waals surface area contributed by atoms with E-state index >= 15 is 0 Å². The van der Waals surface area contributed by atoms with Crippen LogP contribution in [0.15, 0.2) is 53.9 Å². The Balaban J connectivity index is 1.44. The number of rotatable bonds is 8. The third-order valence-corrected chi connectivity index (χ3v) is 6.26. The van der Waals surface area contributed by atoms with Gasteiger partial charge in [-0.15, -0.1) is 11.3 Å². The Hall–Kier alpha value is -3.10. The molecule has 0 saturated carbocycles. The van der Waals surface area contributed by atoms with E-state index in [9.17, 15) is 4.79 Å². The van der Waals surface area contributed by atoms with Gasteiger partial charge in [-0.1, -0.05) is 67.4 Å². The van der Waals surface area contributed by atoms with Gasteiger partial charge in [0.1, 0.15) is 6.54 Å². The highest BCUT2D eigenvalue weighted by atomic mass is 32.1. The summed E-state index contributed by atoms with van der Waals surface area (Å²) in [5.74, 6) is 0.430. The van der Waals surface area contributed by atoms with Gasteiger partial charge in [-0.2, -0.15) is 5.10 Å². The Morgan fingerprint density at radius 3 is 2.56 bits per heavy atom. The third-order valence-electron chi connectivity index (χ3n) is 5.19. The smallest absolute Gasteiger partial charge is 0.246 e. The van der Waals surface area contributed by atoms with Gasteiger partial charge in [-0.05, 0) is 37.5 Å². The van der Waals surface area contributed by atoms with Crippen LogP contribution >= 0.6 is 23.6 Å². The summed E-state index contributed by atoms with van der Waals surface area (Å²) in [6.07, 6.45) is 3.47. The van der Waals surface area contributed by atoms with Crippen LogP contribution in [0.2, 0.25) is 0 Å². The van der Waals surface area contributed by atoms with Gasteiger partial charge < -0.3 is 5.32 Å². The summed E-state index contributed by atoms with van der Waals surface area (Å²) in [5.41, 5.74) is 5.28. The number of nitrogens with zero attached hydrogens (tertiary/aromatic N) is 3. The molecule has 32 heavy (non-hydrogen) atoms. The van der Waals surface area contributed by atoms with Gasteiger partial charge in [0.05, 0.1) is 5.69 Å². The van der Waals surface area contributed by atoms with Gasteiger partial charge in [0.25, 0.3) is 0 Å². The monoisotopic (exact) mass is 463 g/mol. The molecule has 2 N–H and O–H groups in total. The Kier molecular flexibility index (Phi) is 6.92. The second kappa shape index (κ2) is 10.0. The highest BCUT2D eigenvalue weighted by Crippen LogP contribution is 2.26. The van der Waals surface area contributed by atoms with E-state index in [2.05, 4.69) is 51.7 Å². The molecule has 0 fully saturated rings. The Bertz CT molecular complexity index is 1250. The fourth-order valence-electron chi connectivity index (χ4n) is 3.38. The van der Waals surface area contributed by atoms with Crippen LogP contribution in [0.3, 0.4) is 0 Å². The molecule has 1 amide bonds. The van der Waals surface area contributed by atoms with Crippen molar-refractivity contribution < 1.29 is 4.79 Å². The van der Waals surface area contributed by atoms with Crippen molar-refractivity contribution in [1.29, 1.82) is 0 Å². The molecule has 0 bridgehead atoms. The minimum Gasteiger partial charge on any atom is -0.300 e. The van der Waals surface area contributed by atoms with Crippen molar-refractivity contribution >= 4 is 34.6 Å². The molecule has 164 valence electrons. The lowest BCUT2D eigenvalue weighted by molar-refractivity contribution is -0.116. The molecule has 8 heteroatoms. The van der Waals surface area contributed by atoms with Gasteiger partial charge in [0.2, 0.25) is 5.91 Å². The lowest BCUT2D eigenvalue weighted by Gasteiger charge is -2.07. The molecule has 0 aliphatic carbocycles. The fraction of sp³-hybridized carbons (Fsp3) is 0.250. The standard InChI is InChI=1S/C24H25N5OS2/c1-3-4-5-17-8-12-18(13-9-17)20-15-32-23(25-20)26-21(30)14-29-22(27-28-24(29)31)19-10-6-16(2)7-11-19/h6-13,15H,3-5,14H2,1-2H3,(H,28,31)(H,25,26,30). The number of hydrogen-bond acceptors (Lipinski definition) is 5. The lowest BCUT2D eigenvalue weighted by Crippen LogP contribution is -2.19. The number of unbranched alkanes of at least 4 members (excludes halogenated alkanes) is 1. The maximum Gasteiger partial charge on any atom is 0.246 e. The second-order valence-corrected chi connectivity index (χ2v) is 8.94. The highest BCUT2D eigenvalue weighted by Gasteiger charge is 2.14. The fourth-order valence-corrected chi connectivity index (χ4v) is 4.31. The molecule has 2 heterocycles. The highest BCUT2D eigenvalue weighted by molar-refractivity contribution is 7.71. The molecule has 0 atom stereocenters. The predicted octanol–water partition coefficient (Wildman–Crippen LogP) is 6.02. The molecule has 0 spiro atoms. The summed E-state index contributed by atoms with van der Waals surface area (Å²) in [5, 5.41) is 12.5. The molecule has 2 aromatic carbocycles. The number of nitrogens with one attached hydrogen (secondary N) is 2. The van der Waals surface area contributed by atoms with Crippen molar-refractivity contribution in [3.8, 4) is 22.6 Å². The number of thiazole rings is 1. The molecule has 0 radical (unpaired) electrons. The van der Waals surface area contributed by atoms with Crippen molar-refractivity contribution in [3.05, 3.63) is 69.8 Å². The molecular weight excluding hydrogens is 438 g/mol. The summed E-state index contributed by atoms with van der Waals surface area (Å²) in [7, 11) is 0. The van der Waals surface area contributed by atoms with E-state index in [-0.39, 0.29) is 12.5 Å². The Morgan fingerprint density at radius 1 is 1.12 bits per heavy atom. The molecule has 4 aromatic rings. The normalized spacial score (nSPS) is 10.9. The van der Waals surface area contributed by atoms with Crippen LogP contribution in [0.25, 0.3) is 22.6 Å². The first kappa shape index (κ1) is 22.1. The van der Waals surface area contributed by atoms with E-state index in [4.69, 9.17) is 12.2 Å². The molecule has 2 aromatic heterocycles. The number of carbonyl (C=O) groups excluding carboxylic acids is 1. The van der Waals surface area contributed by atoms with Crippen LogP contribution in [0.1, 0.15) is 30.9 Å². The van der Waals surface area contributed by atoms with Crippen molar-refractivity contribution in [2.75, 3.05) is 5.32 Å². The number of amides is 1. The average Bonchev–Trinajstić information content (AvgIpc) is 3.40. The van der Waals surface area contributed by atoms with Gasteiger partial charge in [0, 0.05) is 16.5 Å². The van der Waals surface area contributed by atoms with Gasteiger partial charge in [0.15, 0.2) is 15.7 Å². The Labute approximate surface area is 196 Å². The van der Waals surface area contributed by atoms with E-state index in [1.807, 2.05) is 36.6 Å². The van der Waals surface area contributed by atoms with Crippen LogP contribution in [-0.4, -0.2) is 25.7 Å². The van der Waals surface area contributed by atoms with E-state index in [1.54, 1.807) is 4.57 Å². The second-order valence-electron chi connectivity index (χ2n) is 7.69. The van der Waals surface area contributed by atoms with Gasteiger partial charge in [-0.25, -0.2) is 4.98 Å². The summed E-state index contributed by atoms with van der Waals surface area (Å²) in [6.45, 7) is 4.28. The van der Waals surface area contributed by atoms with Crippen molar-refractivity contribution in [3.63, 3.8) is 0 Å². The first-order chi connectivity index (χ1) is 15.5. The molecule has 0 aliphatic heterocycles. The largest absolute Gasteiger partial charge is 0.300 e. The number of benzene rings is 2. The summed E-state index contributed by atoms with van der Waals surface area (Å²) >= 11 is 6.75. The average molecular weight is 464 g/mol. The number of hydrogen-bond donors (Lipinski definition) is 2. The number of anilines is 1. The van der Waals surface area contributed by atoms with Crippen molar-refractivity contribution in [2.45, 2.75) is 39.7 Å². The van der Waals surface area contributed by atoms with E-state index in [1.165, 1.54) is 29.7 Å². The van der Waals surface area contributed by atoms with Crippen molar-refractivity contribution in [2.24, 2.45) is 0 Å². The topological polar surface area (TPSA) is 75.6 Å². The number of aromatic amines is 1. The molecule has 0 aliphatic rings. The number of carbonyl (C=O) groups is 1. The molecule has 6 nitrogen and oxygen atoms in total. The minimum atomic E-state index is -0.202. The quantitative estimate of drug-likeness (QED) is 0.313. The van der Waals surface area contributed by atoms with Crippen LogP contribution in [0, 0.1) is 11.7 Å². The predicted molar refractivity (Wildman–Crippen MR) is 132 cm³/mol. The van der Waals surface area contributed by atoms with Crippen LogP contribution in [0.5, 0.6) is 0 Å².